The summed E-state index contributed by atoms with van der Waals surface area (Å²) in [5.41, 5.74) is -5.36. The number of esters is 1. The van der Waals surface area contributed by atoms with E-state index in [2.05, 4.69) is 6.08 Å². The average molecular weight is 348 g/mol. The molecular formula is C15H15F3O4S. The highest BCUT2D eigenvalue weighted by molar-refractivity contribution is 7.92. The number of sulfone groups is 1. The molecule has 8 heteroatoms. The molecule has 1 aliphatic rings. The van der Waals surface area contributed by atoms with Crippen LogP contribution in [-0.2, 0) is 14.6 Å². The second-order valence-electron chi connectivity index (χ2n) is 5.22. The molecule has 23 heavy (non-hydrogen) atoms. The summed E-state index contributed by atoms with van der Waals surface area (Å²) in [6.07, 6.45) is 6.71. The lowest BCUT2D eigenvalue weighted by Gasteiger charge is -2.17. The maximum Gasteiger partial charge on any atom is 0.501 e. The van der Waals surface area contributed by atoms with E-state index in [4.69, 9.17) is 4.74 Å². The van der Waals surface area contributed by atoms with Gasteiger partial charge in [-0.3, -0.25) is 0 Å². The van der Waals surface area contributed by atoms with Crippen LogP contribution in [0.15, 0.2) is 41.3 Å². The summed E-state index contributed by atoms with van der Waals surface area (Å²) in [7, 11) is -5.41. The fraction of sp³-hybridized carbons (Fsp3) is 0.400. The van der Waals surface area contributed by atoms with Gasteiger partial charge in [-0.15, -0.1) is 0 Å². The van der Waals surface area contributed by atoms with Gasteiger partial charge >= 0.3 is 11.5 Å². The van der Waals surface area contributed by atoms with Crippen LogP contribution in [0.3, 0.4) is 0 Å². The molecule has 0 bridgehead atoms. The summed E-state index contributed by atoms with van der Waals surface area (Å²) < 4.78 is 64.8. The summed E-state index contributed by atoms with van der Waals surface area (Å²) in [4.78, 5) is 10.9. The smallest absolute Gasteiger partial charge is 0.462 e. The Labute approximate surface area is 131 Å². The molecule has 0 spiro atoms. The number of benzene rings is 1. The molecule has 1 unspecified atom stereocenters. The van der Waals surface area contributed by atoms with Crippen molar-refractivity contribution < 1.29 is 31.1 Å². The highest BCUT2D eigenvalue weighted by Crippen LogP contribution is 2.30. The van der Waals surface area contributed by atoms with Crippen molar-refractivity contribution in [2.24, 2.45) is 5.92 Å². The van der Waals surface area contributed by atoms with E-state index < -0.39 is 26.2 Å². The van der Waals surface area contributed by atoms with Gasteiger partial charge < -0.3 is 4.74 Å². The van der Waals surface area contributed by atoms with E-state index in [1.165, 1.54) is 0 Å². The molecule has 0 aromatic heterocycles. The first-order chi connectivity index (χ1) is 10.7. The highest BCUT2D eigenvalue weighted by atomic mass is 32.2. The first-order valence-electron chi connectivity index (χ1n) is 6.95. The number of hydrogen-bond acceptors (Lipinski definition) is 4. The lowest BCUT2D eigenvalue weighted by molar-refractivity contribution is -0.0436. The van der Waals surface area contributed by atoms with Gasteiger partial charge in [0, 0.05) is 0 Å². The van der Waals surface area contributed by atoms with Gasteiger partial charge in [-0.05, 0) is 49.4 Å². The molecule has 0 N–H and O–H groups in total. The van der Waals surface area contributed by atoms with Crippen LogP contribution >= 0.6 is 0 Å². The monoisotopic (exact) mass is 348 g/mol. The zero-order valence-corrected chi connectivity index (χ0v) is 12.9. The zero-order chi connectivity index (χ0) is 17.1. The predicted octanol–water partition coefficient (Wildman–Crippen LogP) is 3.49. The Bertz CT molecular complexity index is 690. The molecular weight excluding hydrogens is 333 g/mol. The van der Waals surface area contributed by atoms with Crippen molar-refractivity contribution in [2.45, 2.75) is 29.7 Å². The van der Waals surface area contributed by atoms with Crippen molar-refractivity contribution in [1.82, 2.24) is 0 Å². The van der Waals surface area contributed by atoms with Crippen LogP contribution in [0.1, 0.15) is 29.6 Å². The summed E-state index contributed by atoms with van der Waals surface area (Å²) in [6, 6.07) is 3.54. The van der Waals surface area contributed by atoms with Gasteiger partial charge in [0.05, 0.1) is 17.1 Å². The largest absolute Gasteiger partial charge is 0.501 e. The third kappa shape index (κ3) is 4.13. The van der Waals surface area contributed by atoms with Crippen LogP contribution in [0.5, 0.6) is 0 Å². The number of allylic oxidation sites excluding steroid dienone is 2. The minimum Gasteiger partial charge on any atom is -0.462 e. The van der Waals surface area contributed by atoms with Crippen LogP contribution in [-0.4, -0.2) is 26.5 Å². The van der Waals surface area contributed by atoms with E-state index >= 15 is 0 Å². The third-order valence-electron chi connectivity index (χ3n) is 3.53. The summed E-state index contributed by atoms with van der Waals surface area (Å²) in [5.74, 6) is -0.454. The van der Waals surface area contributed by atoms with E-state index in [1.54, 1.807) is 0 Å². The average Bonchev–Trinajstić information content (AvgIpc) is 2.52. The van der Waals surface area contributed by atoms with Gasteiger partial charge in [-0.2, -0.15) is 13.2 Å². The normalized spacial score (nSPS) is 18.7. The van der Waals surface area contributed by atoms with Gasteiger partial charge in [-0.1, -0.05) is 12.2 Å². The third-order valence-corrected chi connectivity index (χ3v) is 5.04. The van der Waals surface area contributed by atoms with Gasteiger partial charge in [0.2, 0.25) is 0 Å². The Kier molecular flexibility index (Phi) is 5.13. The molecule has 2 rings (SSSR count). The van der Waals surface area contributed by atoms with E-state index in [0.29, 0.717) is 0 Å². The SMILES string of the molecule is O=C(OCC1CC=CCC1)c1ccc(S(=O)(=O)C(F)(F)F)cc1. The lowest BCUT2D eigenvalue weighted by Crippen LogP contribution is -2.23. The predicted molar refractivity (Wildman–Crippen MR) is 76.4 cm³/mol. The minimum atomic E-state index is -5.41. The van der Waals surface area contributed by atoms with Crippen molar-refractivity contribution in [1.29, 1.82) is 0 Å². The van der Waals surface area contributed by atoms with E-state index in [1.807, 2.05) is 6.08 Å². The molecule has 1 aromatic carbocycles. The maximum atomic E-state index is 12.4. The summed E-state index contributed by atoms with van der Waals surface area (Å²) in [6.45, 7) is 0.228. The quantitative estimate of drug-likeness (QED) is 0.617. The van der Waals surface area contributed by atoms with Crippen molar-refractivity contribution >= 4 is 15.8 Å². The molecule has 4 nitrogen and oxygen atoms in total. The Balaban J connectivity index is 2.02. The molecule has 1 atom stereocenters. The summed E-state index contributed by atoms with van der Waals surface area (Å²) >= 11 is 0. The van der Waals surface area contributed by atoms with E-state index in [0.717, 1.165) is 43.5 Å². The fourth-order valence-corrected chi connectivity index (χ4v) is 2.95. The molecule has 0 radical (unpaired) electrons. The number of alkyl halides is 3. The number of carbonyl (C=O) groups excluding carboxylic acids is 1. The van der Waals surface area contributed by atoms with Crippen molar-refractivity contribution in [2.75, 3.05) is 6.61 Å². The number of carbonyl (C=O) groups is 1. The molecule has 0 aliphatic heterocycles. The lowest BCUT2D eigenvalue weighted by atomic mass is 9.95. The minimum absolute atomic E-state index is 0.0116. The van der Waals surface area contributed by atoms with Crippen LogP contribution in [0.2, 0.25) is 0 Å². The van der Waals surface area contributed by atoms with Crippen LogP contribution in [0.25, 0.3) is 0 Å². The van der Waals surface area contributed by atoms with Crippen LogP contribution < -0.4 is 0 Å². The second-order valence-corrected chi connectivity index (χ2v) is 7.16. The van der Waals surface area contributed by atoms with Gasteiger partial charge in [0.25, 0.3) is 9.84 Å². The second kappa shape index (κ2) is 6.74. The number of hydrogen-bond donors (Lipinski definition) is 0. The van der Waals surface area contributed by atoms with Crippen molar-refractivity contribution in [3.8, 4) is 0 Å². The number of ether oxygens (including phenoxy) is 1. The molecule has 0 amide bonds. The molecule has 1 aromatic rings. The Morgan fingerprint density at radius 3 is 2.35 bits per heavy atom. The van der Waals surface area contributed by atoms with E-state index in [9.17, 15) is 26.4 Å². The summed E-state index contributed by atoms with van der Waals surface area (Å²) in [5, 5.41) is 0. The van der Waals surface area contributed by atoms with Crippen molar-refractivity contribution in [3.63, 3.8) is 0 Å². The molecule has 0 fully saturated rings. The van der Waals surface area contributed by atoms with Crippen LogP contribution in [0.4, 0.5) is 13.2 Å². The Hall–Kier alpha value is -1.83. The van der Waals surface area contributed by atoms with Crippen molar-refractivity contribution in [3.05, 3.63) is 42.0 Å². The molecule has 0 saturated heterocycles. The first-order valence-corrected chi connectivity index (χ1v) is 8.43. The van der Waals surface area contributed by atoms with Gasteiger partial charge in [0.15, 0.2) is 0 Å². The van der Waals surface area contributed by atoms with Gasteiger partial charge in [-0.25, -0.2) is 13.2 Å². The first kappa shape index (κ1) is 17.5. The molecule has 126 valence electrons. The topological polar surface area (TPSA) is 60.4 Å². The fourth-order valence-electron chi connectivity index (χ4n) is 2.19. The van der Waals surface area contributed by atoms with Gasteiger partial charge in [0.1, 0.15) is 0 Å². The zero-order valence-electron chi connectivity index (χ0n) is 12.0. The molecule has 1 aliphatic carbocycles. The maximum absolute atomic E-state index is 12.4. The molecule has 0 heterocycles. The molecule has 0 saturated carbocycles. The number of rotatable bonds is 4. The van der Waals surface area contributed by atoms with E-state index in [-0.39, 0.29) is 18.1 Å². The highest BCUT2D eigenvalue weighted by Gasteiger charge is 2.46. The number of halogens is 3. The standard InChI is InChI=1S/C15H15F3O4S/c16-15(17,18)23(20,21)13-8-6-12(7-9-13)14(19)22-10-11-4-2-1-3-5-11/h1-2,6-9,11H,3-5,10H2. The van der Waals surface area contributed by atoms with Crippen LogP contribution in [0, 0.1) is 5.92 Å². The Morgan fingerprint density at radius 2 is 1.83 bits per heavy atom. The Morgan fingerprint density at radius 1 is 1.17 bits per heavy atom.